The van der Waals surface area contributed by atoms with Gasteiger partial charge in [0.25, 0.3) is 0 Å². The highest BCUT2D eigenvalue weighted by Gasteiger charge is 2.26. The Labute approximate surface area is 236 Å². The highest BCUT2D eigenvalue weighted by molar-refractivity contribution is 5.81. The van der Waals surface area contributed by atoms with Gasteiger partial charge in [0.05, 0.1) is 25.2 Å². The third kappa shape index (κ3) is 19.5. The number of primary amides is 2. The molecule has 0 radical (unpaired) electrons. The van der Waals surface area contributed by atoms with E-state index in [1.165, 1.54) is 0 Å². The quantitative estimate of drug-likeness (QED) is 0.138. The van der Waals surface area contributed by atoms with Crippen molar-refractivity contribution in [2.45, 2.75) is 130 Å². The predicted molar refractivity (Wildman–Crippen MR) is 157 cm³/mol. The normalized spacial score (nSPS) is 14.1. The van der Waals surface area contributed by atoms with Crippen LogP contribution in [0.25, 0.3) is 0 Å². The van der Waals surface area contributed by atoms with E-state index in [4.69, 9.17) is 11.5 Å². The highest BCUT2D eigenvalue weighted by atomic mass is 16.2. The Morgan fingerprint density at radius 3 is 1.21 bits per heavy atom. The fraction of sp³-hybridized carbons (Fsp3) is 0.857. The van der Waals surface area contributed by atoms with Gasteiger partial charge in [-0.3, -0.25) is 24.1 Å². The average Bonchev–Trinajstić information content (AvgIpc) is 2.74. The molecule has 0 spiro atoms. The molecule has 228 valence electrons. The largest absolute Gasteiger partial charge is 0.368 e. The van der Waals surface area contributed by atoms with Crippen molar-refractivity contribution in [1.82, 2.24) is 26.2 Å². The van der Waals surface area contributed by atoms with Gasteiger partial charge in [0.1, 0.15) is 0 Å². The minimum absolute atomic E-state index is 0.102. The molecule has 0 saturated carbocycles. The smallest absolute Gasteiger partial charge is 0.234 e. The van der Waals surface area contributed by atoms with Crippen LogP contribution in [-0.4, -0.2) is 83.4 Å². The summed E-state index contributed by atoms with van der Waals surface area (Å²) in [6.45, 7) is 19.0. The van der Waals surface area contributed by atoms with Gasteiger partial charge in [-0.1, -0.05) is 0 Å². The zero-order valence-electron chi connectivity index (χ0n) is 26.0. The van der Waals surface area contributed by atoms with Crippen molar-refractivity contribution in [3.8, 4) is 0 Å². The molecule has 0 aromatic carbocycles. The fourth-order valence-electron chi connectivity index (χ4n) is 4.01. The number of nitrogens with one attached hydrogen (secondary N) is 4. The minimum atomic E-state index is -0.402. The summed E-state index contributed by atoms with van der Waals surface area (Å²) in [5.41, 5.74) is 10.2. The molecule has 0 aliphatic rings. The third-order valence-electron chi connectivity index (χ3n) is 6.00. The maximum Gasteiger partial charge on any atom is 0.234 e. The molecule has 2 unspecified atom stereocenters. The maximum absolute atomic E-state index is 12.6. The van der Waals surface area contributed by atoms with Crippen molar-refractivity contribution in [2.24, 2.45) is 11.5 Å². The molecule has 0 aromatic rings. The van der Waals surface area contributed by atoms with Crippen LogP contribution in [0.1, 0.15) is 101 Å². The van der Waals surface area contributed by atoms with Crippen LogP contribution in [0.5, 0.6) is 0 Å². The number of carbonyl (C=O) groups excluding carboxylic acids is 4. The molecule has 0 fully saturated rings. The summed E-state index contributed by atoms with van der Waals surface area (Å²) in [6.07, 6.45) is 4.14. The SMILES string of the molecule is CC(C)(C)NC(CCCCNC(=O)CN(CC(=O)NCCCCC(NC(C)(C)C)C(N)=O)C(C)(C)C)C(N)=O. The predicted octanol–water partition coefficient (Wildman–Crippen LogP) is 1.14. The summed E-state index contributed by atoms with van der Waals surface area (Å²) < 4.78 is 0. The number of hydrogen-bond donors (Lipinski definition) is 6. The number of carbonyl (C=O) groups is 4. The summed E-state index contributed by atoms with van der Waals surface area (Å²) in [5.74, 6) is -1.05. The van der Waals surface area contributed by atoms with Gasteiger partial charge in [0, 0.05) is 29.7 Å². The van der Waals surface area contributed by atoms with Crippen LogP contribution in [0.2, 0.25) is 0 Å². The van der Waals surface area contributed by atoms with E-state index in [0.29, 0.717) is 25.9 Å². The molecule has 39 heavy (non-hydrogen) atoms. The van der Waals surface area contributed by atoms with Gasteiger partial charge in [0.2, 0.25) is 23.6 Å². The first-order valence-electron chi connectivity index (χ1n) is 14.1. The Morgan fingerprint density at radius 1 is 0.615 bits per heavy atom. The van der Waals surface area contributed by atoms with Crippen LogP contribution >= 0.6 is 0 Å². The van der Waals surface area contributed by atoms with Crippen molar-refractivity contribution in [3.63, 3.8) is 0 Å². The molecule has 2 atom stereocenters. The van der Waals surface area contributed by atoms with Crippen molar-refractivity contribution in [2.75, 3.05) is 26.2 Å². The molecule has 0 aliphatic carbocycles. The first-order chi connectivity index (χ1) is 17.7. The summed E-state index contributed by atoms with van der Waals surface area (Å²) in [5, 5.41) is 12.3. The van der Waals surface area contributed by atoms with E-state index in [9.17, 15) is 19.2 Å². The molecule has 4 amide bonds. The second kappa shape index (κ2) is 16.8. The molecule has 11 heteroatoms. The average molecular weight is 556 g/mol. The lowest BCUT2D eigenvalue weighted by atomic mass is 10.0. The number of rotatable bonds is 18. The summed E-state index contributed by atoms with van der Waals surface area (Å²) in [4.78, 5) is 50.4. The zero-order chi connectivity index (χ0) is 30.4. The van der Waals surface area contributed by atoms with E-state index in [-0.39, 0.29) is 53.3 Å². The van der Waals surface area contributed by atoms with Crippen LogP contribution in [0.3, 0.4) is 0 Å². The van der Waals surface area contributed by atoms with Gasteiger partial charge < -0.3 is 32.7 Å². The molecular formula is C28H57N7O4. The van der Waals surface area contributed by atoms with Gasteiger partial charge in [-0.25, -0.2) is 0 Å². The van der Waals surface area contributed by atoms with Crippen LogP contribution < -0.4 is 32.7 Å². The van der Waals surface area contributed by atoms with Crippen molar-refractivity contribution in [3.05, 3.63) is 0 Å². The molecule has 0 saturated heterocycles. The number of amides is 4. The second-order valence-electron chi connectivity index (χ2n) is 13.4. The monoisotopic (exact) mass is 555 g/mol. The lowest BCUT2D eigenvalue weighted by Crippen LogP contribution is -2.51. The summed E-state index contributed by atoms with van der Waals surface area (Å²) in [6, 6.07) is -0.805. The standard InChI is InChI=1S/C28H57N7O4/c1-26(2,3)33-20(24(29)38)14-10-12-16-31-22(36)18-35(28(7,8)9)19-23(37)32-17-13-11-15-21(25(30)39)34-27(4,5)6/h20-21,33-34H,10-19H2,1-9H3,(H2,29,38)(H2,30,39)(H,31,36)(H,32,37). The van der Waals surface area contributed by atoms with E-state index in [1.807, 2.05) is 67.2 Å². The van der Waals surface area contributed by atoms with E-state index in [2.05, 4.69) is 21.3 Å². The van der Waals surface area contributed by atoms with Gasteiger partial charge >= 0.3 is 0 Å². The van der Waals surface area contributed by atoms with E-state index in [1.54, 1.807) is 0 Å². The van der Waals surface area contributed by atoms with E-state index >= 15 is 0 Å². The lowest BCUT2D eigenvalue weighted by molar-refractivity contribution is -0.127. The molecule has 0 bridgehead atoms. The molecule has 0 heterocycles. The Balaban J connectivity index is 4.48. The zero-order valence-corrected chi connectivity index (χ0v) is 26.0. The molecular weight excluding hydrogens is 498 g/mol. The minimum Gasteiger partial charge on any atom is -0.368 e. The molecule has 0 aromatic heterocycles. The van der Waals surface area contributed by atoms with Crippen molar-refractivity contribution >= 4 is 23.6 Å². The van der Waals surface area contributed by atoms with Crippen LogP contribution in [0.15, 0.2) is 0 Å². The Kier molecular flexibility index (Phi) is 15.8. The van der Waals surface area contributed by atoms with E-state index in [0.717, 1.165) is 25.7 Å². The van der Waals surface area contributed by atoms with Crippen molar-refractivity contribution in [1.29, 1.82) is 0 Å². The Hall–Kier alpha value is -2.24. The van der Waals surface area contributed by atoms with Gasteiger partial charge in [-0.05, 0) is 101 Å². The number of nitrogens with two attached hydrogens (primary N) is 2. The lowest BCUT2D eigenvalue weighted by Gasteiger charge is -2.34. The molecule has 8 N–H and O–H groups in total. The first kappa shape index (κ1) is 36.8. The number of nitrogens with zero attached hydrogens (tertiary/aromatic N) is 1. The van der Waals surface area contributed by atoms with Gasteiger partial charge in [0.15, 0.2) is 0 Å². The Bertz CT molecular complexity index is 724. The molecule has 0 rings (SSSR count). The summed E-state index contributed by atoms with van der Waals surface area (Å²) in [7, 11) is 0. The first-order valence-corrected chi connectivity index (χ1v) is 14.1. The van der Waals surface area contributed by atoms with Crippen molar-refractivity contribution < 1.29 is 19.2 Å². The maximum atomic E-state index is 12.6. The fourth-order valence-corrected chi connectivity index (χ4v) is 4.01. The number of unbranched alkanes of at least 4 members (excludes halogenated alkanes) is 2. The highest BCUT2D eigenvalue weighted by Crippen LogP contribution is 2.13. The second-order valence-corrected chi connectivity index (χ2v) is 13.4. The molecule has 0 aliphatic heterocycles. The van der Waals surface area contributed by atoms with Gasteiger partial charge in [-0.2, -0.15) is 0 Å². The van der Waals surface area contributed by atoms with Gasteiger partial charge in [-0.15, -0.1) is 0 Å². The van der Waals surface area contributed by atoms with Crippen LogP contribution in [0.4, 0.5) is 0 Å². The molecule has 11 nitrogen and oxygen atoms in total. The topological polar surface area (TPSA) is 172 Å². The Morgan fingerprint density at radius 2 is 0.949 bits per heavy atom. The van der Waals surface area contributed by atoms with Crippen LogP contribution in [-0.2, 0) is 19.2 Å². The summed E-state index contributed by atoms with van der Waals surface area (Å²) >= 11 is 0. The van der Waals surface area contributed by atoms with Crippen LogP contribution in [0, 0.1) is 0 Å². The third-order valence-corrected chi connectivity index (χ3v) is 6.00. The number of hydrogen-bond acceptors (Lipinski definition) is 7. The van der Waals surface area contributed by atoms with E-state index < -0.39 is 12.1 Å².